The standard InChI is InChI=1S/C23H20N2O3S2/c26-20(10-5-13-30(27,28)17-7-2-1-3-8-17)24-23-25-22-18-9-4-6-15-11-12-16(21(15)18)14-19(22)29-23/h1-4,6-9,14H,5,10-13H2,(H,24,25,26). The molecule has 5 rings (SSSR count). The molecule has 1 heterocycles. The lowest BCUT2D eigenvalue weighted by Crippen LogP contribution is -2.14. The first-order valence-corrected chi connectivity index (χ1v) is 12.4. The van der Waals surface area contributed by atoms with Gasteiger partial charge in [0.2, 0.25) is 5.91 Å². The van der Waals surface area contributed by atoms with Crippen LogP contribution in [0.2, 0.25) is 0 Å². The summed E-state index contributed by atoms with van der Waals surface area (Å²) >= 11 is 1.47. The average molecular weight is 437 g/mol. The lowest BCUT2D eigenvalue weighted by atomic mass is 10.0. The summed E-state index contributed by atoms with van der Waals surface area (Å²) in [5.41, 5.74) is 3.63. The van der Waals surface area contributed by atoms with Crippen molar-refractivity contribution in [3.63, 3.8) is 0 Å². The third-order valence-corrected chi connectivity index (χ3v) is 8.25. The second-order valence-corrected chi connectivity index (χ2v) is 10.7. The number of benzene rings is 3. The number of carbonyl (C=O) groups is 1. The molecule has 0 saturated carbocycles. The summed E-state index contributed by atoms with van der Waals surface area (Å²) in [5.74, 6) is -0.268. The predicted molar refractivity (Wildman–Crippen MR) is 121 cm³/mol. The van der Waals surface area contributed by atoms with Crippen molar-refractivity contribution >= 4 is 53.2 Å². The molecular formula is C23H20N2O3S2. The zero-order valence-corrected chi connectivity index (χ0v) is 17.9. The topological polar surface area (TPSA) is 76.1 Å². The fourth-order valence-corrected chi connectivity index (χ4v) is 6.40. The van der Waals surface area contributed by atoms with E-state index in [1.165, 1.54) is 27.8 Å². The fourth-order valence-electron chi connectivity index (χ4n) is 4.11. The SMILES string of the molecule is O=C(CCCS(=O)(=O)c1ccccc1)Nc1nc2c(cc3c4c(cccc42)CC3)s1. The molecular weight excluding hydrogens is 416 g/mol. The van der Waals surface area contributed by atoms with Crippen LogP contribution >= 0.6 is 11.3 Å². The Morgan fingerprint density at radius 1 is 1.03 bits per heavy atom. The fraction of sp³-hybridized carbons (Fsp3) is 0.217. The van der Waals surface area contributed by atoms with Gasteiger partial charge >= 0.3 is 0 Å². The highest BCUT2D eigenvalue weighted by Gasteiger charge is 2.19. The van der Waals surface area contributed by atoms with Crippen LogP contribution in [0, 0.1) is 0 Å². The number of fused-ring (bicyclic) bond motifs is 2. The molecule has 0 fully saturated rings. The smallest absolute Gasteiger partial charge is 0.226 e. The van der Waals surface area contributed by atoms with Crippen molar-refractivity contribution in [3.05, 3.63) is 65.7 Å². The van der Waals surface area contributed by atoms with E-state index in [2.05, 4.69) is 34.6 Å². The van der Waals surface area contributed by atoms with Gasteiger partial charge < -0.3 is 5.32 Å². The van der Waals surface area contributed by atoms with Crippen LogP contribution in [0.1, 0.15) is 24.0 Å². The van der Waals surface area contributed by atoms with Gasteiger partial charge in [-0.2, -0.15) is 0 Å². The minimum absolute atomic E-state index is 0.0545. The van der Waals surface area contributed by atoms with Crippen LogP contribution in [0.5, 0.6) is 0 Å². The van der Waals surface area contributed by atoms with Gasteiger partial charge in [0, 0.05) is 11.8 Å². The number of thiazole rings is 1. The molecule has 0 spiro atoms. The first kappa shape index (κ1) is 19.2. The Bertz CT molecular complexity index is 1380. The minimum atomic E-state index is -3.37. The molecule has 1 N–H and O–H groups in total. The van der Waals surface area contributed by atoms with Crippen molar-refractivity contribution in [2.24, 2.45) is 0 Å². The molecule has 0 radical (unpaired) electrons. The van der Waals surface area contributed by atoms with Crippen LogP contribution in [0.3, 0.4) is 0 Å². The zero-order chi connectivity index (χ0) is 20.7. The number of rotatable bonds is 6. The van der Waals surface area contributed by atoms with Gasteiger partial charge in [-0.15, -0.1) is 0 Å². The molecule has 152 valence electrons. The highest BCUT2D eigenvalue weighted by molar-refractivity contribution is 7.91. The third-order valence-electron chi connectivity index (χ3n) is 5.51. The summed E-state index contributed by atoms with van der Waals surface area (Å²) in [5, 5.41) is 5.86. The summed E-state index contributed by atoms with van der Waals surface area (Å²) in [6, 6.07) is 16.8. The Balaban J connectivity index is 1.29. The molecule has 0 bridgehead atoms. The number of aromatic nitrogens is 1. The lowest BCUT2D eigenvalue weighted by Gasteiger charge is -2.04. The van der Waals surface area contributed by atoms with Gasteiger partial charge in [0.05, 0.1) is 20.9 Å². The van der Waals surface area contributed by atoms with E-state index in [1.54, 1.807) is 30.3 Å². The Hall–Kier alpha value is -2.77. The van der Waals surface area contributed by atoms with Gasteiger partial charge in [0.25, 0.3) is 0 Å². The summed E-state index contributed by atoms with van der Waals surface area (Å²) in [6.07, 6.45) is 2.52. The molecule has 0 unspecified atom stereocenters. The maximum absolute atomic E-state index is 12.4. The Morgan fingerprint density at radius 2 is 1.83 bits per heavy atom. The molecule has 0 atom stereocenters. The van der Waals surface area contributed by atoms with Crippen LogP contribution in [-0.2, 0) is 27.5 Å². The number of nitrogens with zero attached hydrogens (tertiary/aromatic N) is 1. The highest BCUT2D eigenvalue weighted by Crippen LogP contribution is 2.39. The summed E-state index contributed by atoms with van der Waals surface area (Å²) in [4.78, 5) is 17.3. The first-order valence-electron chi connectivity index (χ1n) is 9.93. The van der Waals surface area contributed by atoms with Crippen LogP contribution in [-0.4, -0.2) is 25.1 Å². The number of hydrogen-bond acceptors (Lipinski definition) is 5. The van der Waals surface area contributed by atoms with Gasteiger partial charge in [-0.25, -0.2) is 13.4 Å². The molecule has 7 heteroatoms. The molecule has 30 heavy (non-hydrogen) atoms. The van der Waals surface area contributed by atoms with Crippen molar-refractivity contribution in [1.82, 2.24) is 4.98 Å². The average Bonchev–Trinajstić information content (AvgIpc) is 3.34. The largest absolute Gasteiger partial charge is 0.302 e. The molecule has 0 aliphatic heterocycles. The van der Waals surface area contributed by atoms with E-state index in [9.17, 15) is 13.2 Å². The van der Waals surface area contributed by atoms with Crippen molar-refractivity contribution in [1.29, 1.82) is 0 Å². The number of amides is 1. The lowest BCUT2D eigenvalue weighted by molar-refractivity contribution is -0.116. The summed E-state index contributed by atoms with van der Waals surface area (Å²) < 4.78 is 25.7. The third kappa shape index (κ3) is 3.48. The van der Waals surface area contributed by atoms with Crippen molar-refractivity contribution < 1.29 is 13.2 Å². The Morgan fingerprint density at radius 3 is 2.67 bits per heavy atom. The molecule has 3 aromatic carbocycles. The summed E-state index contributed by atoms with van der Waals surface area (Å²) in [7, 11) is -3.37. The molecule has 0 saturated heterocycles. The van der Waals surface area contributed by atoms with E-state index in [0.717, 1.165) is 28.4 Å². The normalized spacial score (nSPS) is 13.2. The molecule has 1 amide bonds. The number of aryl methyl sites for hydroxylation is 2. The van der Waals surface area contributed by atoms with E-state index in [0.29, 0.717) is 10.0 Å². The number of hydrogen-bond donors (Lipinski definition) is 1. The number of anilines is 1. The molecule has 1 aliphatic rings. The van der Waals surface area contributed by atoms with Crippen LogP contribution < -0.4 is 5.32 Å². The maximum Gasteiger partial charge on any atom is 0.226 e. The zero-order valence-electron chi connectivity index (χ0n) is 16.2. The van der Waals surface area contributed by atoms with Crippen molar-refractivity contribution in [2.75, 3.05) is 11.1 Å². The van der Waals surface area contributed by atoms with Gasteiger partial charge in [-0.1, -0.05) is 47.7 Å². The maximum atomic E-state index is 12.4. The minimum Gasteiger partial charge on any atom is -0.302 e. The number of nitrogens with one attached hydrogen (secondary N) is 1. The monoisotopic (exact) mass is 436 g/mol. The quantitative estimate of drug-likeness (QED) is 0.474. The van der Waals surface area contributed by atoms with Gasteiger partial charge in [0.15, 0.2) is 15.0 Å². The van der Waals surface area contributed by atoms with E-state index < -0.39 is 9.84 Å². The molecule has 4 aromatic rings. The van der Waals surface area contributed by atoms with Gasteiger partial charge in [0.1, 0.15) is 0 Å². The van der Waals surface area contributed by atoms with E-state index in [4.69, 9.17) is 0 Å². The van der Waals surface area contributed by atoms with Crippen molar-refractivity contribution in [3.8, 4) is 0 Å². The van der Waals surface area contributed by atoms with Crippen molar-refractivity contribution in [2.45, 2.75) is 30.6 Å². The van der Waals surface area contributed by atoms with Crippen LogP contribution in [0.15, 0.2) is 59.5 Å². The van der Waals surface area contributed by atoms with Gasteiger partial charge in [-0.3, -0.25) is 4.79 Å². The van der Waals surface area contributed by atoms with E-state index >= 15 is 0 Å². The second-order valence-electron chi connectivity index (χ2n) is 7.52. The van der Waals surface area contributed by atoms with E-state index in [-0.39, 0.29) is 24.5 Å². The number of carbonyl (C=O) groups excluding carboxylic acids is 1. The molecule has 1 aromatic heterocycles. The van der Waals surface area contributed by atoms with E-state index in [1.807, 2.05) is 0 Å². The highest BCUT2D eigenvalue weighted by atomic mass is 32.2. The van der Waals surface area contributed by atoms with Crippen LogP contribution in [0.4, 0.5) is 5.13 Å². The Labute approximate surface area is 178 Å². The molecule has 1 aliphatic carbocycles. The predicted octanol–water partition coefficient (Wildman–Crippen LogP) is 4.74. The second kappa shape index (κ2) is 7.49. The number of sulfone groups is 1. The van der Waals surface area contributed by atoms with Gasteiger partial charge in [-0.05, 0) is 54.0 Å². The summed E-state index contributed by atoms with van der Waals surface area (Å²) in [6.45, 7) is 0. The van der Waals surface area contributed by atoms with Crippen LogP contribution in [0.25, 0.3) is 21.0 Å². The Kier molecular flexibility index (Phi) is 4.79. The first-order chi connectivity index (χ1) is 14.5. The molecule has 5 nitrogen and oxygen atoms in total.